The third-order valence-electron chi connectivity index (χ3n) is 5.31. The summed E-state index contributed by atoms with van der Waals surface area (Å²) in [6, 6.07) is 18.2. The fourth-order valence-electron chi connectivity index (χ4n) is 3.57. The first kappa shape index (κ1) is 27.9. The van der Waals surface area contributed by atoms with Gasteiger partial charge < -0.3 is 14.6 Å². The predicted octanol–water partition coefficient (Wildman–Crippen LogP) is 7.81. The average Bonchev–Trinajstić information content (AvgIpc) is 2.82. The lowest BCUT2D eigenvalue weighted by molar-refractivity contribution is -0.136. The number of aliphatic carboxylic acids is 1. The number of aryl methyl sites for hydroxylation is 1. The van der Waals surface area contributed by atoms with Gasteiger partial charge in [0.05, 0.1) is 7.11 Å². The van der Waals surface area contributed by atoms with Crippen molar-refractivity contribution >= 4 is 5.97 Å². The van der Waals surface area contributed by atoms with Crippen LogP contribution in [0.25, 0.3) is 11.1 Å². The lowest BCUT2D eigenvalue weighted by Gasteiger charge is -2.24. The van der Waals surface area contributed by atoms with Crippen LogP contribution in [0.15, 0.2) is 60.7 Å². The van der Waals surface area contributed by atoms with E-state index in [-0.39, 0.29) is 17.7 Å². The van der Waals surface area contributed by atoms with Gasteiger partial charge in [0.1, 0.15) is 23.9 Å². The molecule has 0 fully saturated rings. The van der Waals surface area contributed by atoms with E-state index in [4.69, 9.17) is 14.6 Å². The van der Waals surface area contributed by atoms with Gasteiger partial charge in [0, 0.05) is 12.0 Å². The number of ether oxygens (including phenoxy) is 2. The molecule has 35 heavy (non-hydrogen) atoms. The Kier molecular flexibility index (Phi) is 10.3. The number of benzene rings is 3. The minimum Gasteiger partial charge on any atom is -0.497 e. The molecule has 0 unspecified atom stereocenters. The van der Waals surface area contributed by atoms with Gasteiger partial charge in [0.2, 0.25) is 0 Å². The Labute approximate surface area is 208 Å². The van der Waals surface area contributed by atoms with Gasteiger partial charge in [-0.15, -0.1) is 0 Å². The van der Waals surface area contributed by atoms with Crippen LogP contribution >= 0.6 is 0 Å². The highest BCUT2D eigenvalue weighted by Gasteiger charge is 2.21. The average molecular weight is 481 g/mol. The number of hydrogen-bond acceptors (Lipinski definition) is 3. The SMILES string of the molecule is CCC.COc1ccc(F)c(-c2cc(COc3ccc(CCC(=O)O)cc3)ccc2C(C)(C)C)c1. The van der Waals surface area contributed by atoms with Crippen molar-refractivity contribution in [3.63, 3.8) is 0 Å². The first-order chi connectivity index (χ1) is 16.6. The molecule has 3 rings (SSSR count). The summed E-state index contributed by atoms with van der Waals surface area (Å²) in [5.41, 5.74) is 4.06. The zero-order chi connectivity index (χ0) is 26.0. The van der Waals surface area contributed by atoms with Crippen LogP contribution in [0.4, 0.5) is 4.39 Å². The van der Waals surface area contributed by atoms with Gasteiger partial charge in [-0.05, 0) is 70.5 Å². The molecule has 3 aromatic rings. The van der Waals surface area contributed by atoms with Crippen molar-refractivity contribution in [2.24, 2.45) is 0 Å². The summed E-state index contributed by atoms with van der Waals surface area (Å²) in [6.45, 7) is 10.9. The highest BCUT2D eigenvalue weighted by Crippen LogP contribution is 2.36. The zero-order valence-corrected chi connectivity index (χ0v) is 21.7. The second kappa shape index (κ2) is 12.9. The maximum absolute atomic E-state index is 14.8. The molecule has 0 aliphatic carbocycles. The van der Waals surface area contributed by atoms with Crippen molar-refractivity contribution in [2.45, 2.75) is 65.9 Å². The highest BCUT2D eigenvalue weighted by molar-refractivity contribution is 5.71. The topological polar surface area (TPSA) is 55.8 Å². The van der Waals surface area contributed by atoms with Gasteiger partial charge >= 0.3 is 5.97 Å². The predicted molar refractivity (Wildman–Crippen MR) is 140 cm³/mol. The summed E-state index contributed by atoms with van der Waals surface area (Å²) in [5.74, 6) is 0.183. The third-order valence-corrected chi connectivity index (χ3v) is 5.31. The molecule has 0 aliphatic heterocycles. The van der Waals surface area contributed by atoms with E-state index >= 15 is 0 Å². The number of carboxylic acid groups (broad SMARTS) is 1. The van der Waals surface area contributed by atoms with Gasteiger partial charge in [-0.1, -0.05) is 65.3 Å². The summed E-state index contributed by atoms with van der Waals surface area (Å²) in [7, 11) is 1.57. The molecule has 1 N–H and O–H groups in total. The molecule has 0 bridgehead atoms. The van der Waals surface area contributed by atoms with Gasteiger partial charge in [0.25, 0.3) is 0 Å². The maximum atomic E-state index is 14.8. The molecule has 0 saturated carbocycles. The van der Waals surface area contributed by atoms with E-state index in [2.05, 4.69) is 34.6 Å². The number of rotatable bonds is 8. The van der Waals surface area contributed by atoms with Gasteiger partial charge in [-0.25, -0.2) is 4.39 Å². The van der Waals surface area contributed by atoms with Crippen molar-refractivity contribution < 1.29 is 23.8 Å². The molecular weight excluding hydrogens is 443 g/mol. The largest absolute Gasteiger partial charge is 0.497 e. The maximum Gasteiger partial charge on any atom is 0.303 e. The molecule has 0 aromatic heterocycles. The normalized spacial score (nSPS) is 10.8. The minimum atomic E-state index is -0.813. The van der Waals surface area contributed by atoms with Crippen LogP contribution in [0.5, 0.6) is 11.5 Å². The van der Waals surface area contributed by atoms with E-state index in [1.165, 1.54) is 12.5 Å². The zero-order valence-electron chi connectivity index (χ0n) is 21.7. The van der Waals surface area contributed by atoms with Crippen LogP contribution in [0.1, 0.15) is 64.2 Å². The van der Waals surface area contributed by atoms with Gasteiger partial charge in [-0.3, -0.25) is 4.79 Å². The molecule has 0 saturated heterocycles. The van der Waals surface area contributed by atoms with Gasteiger partial charge in [-0.2, -0.15) is 0 Å². The molecule has 0 amide bonds. The second-order valence-electron chi connectivity index (χ2n) is 9.51. The quantitative estimate of drug-likeness (QED) is 0.357. The Morgan fingerprint density at radius 3 is 2.06 bits per heavy atom. The van der Waals surface area contributed by atoms with E-state index in [1.54, 1.807) is 19.2 Å². The summed E-state index contributed by atoms with van der Waals surface area (Å²) >= 11 is 0. The lowest BCUT2D eigenvalue weighted by atomic mass is 9.81. The smallest absolute Gasteiger partial charge is 0.303 e. The number of carboxylic acids is 1. The number of hydrogen-bond donors (Lipinski definition) is 1. The second-order valence-corrected chi connectivity index (χ2v) is 9.51. The summed E-state index contributed by atoms with van der Waals surface area (Å²) in [4.78, 5) is 10.7. The van der Waals surface area contributed by atoms with Crippen LogP contribution in [0.2, 0.25) is 0 Å². The van der Waals surface area contributed by atoms with Crippen LogP contribution in [-0.2, 0) is 23.2 Å². The summed E-state index contributed by atoms with van der Waals surface area (Å²) in [5, 5.41) is 8.81. The van der Waals surface area contributed by atoms with Gasteiger partial charge in [0.15, 0.2) is 0 Å². The van der Waals surface area contributed by atoms with E-state index in [0.29, 0.717) is 30.1 Å². The van der Waals surface area contributed by atoms with Crippen molar-refractivity contribution in [3.8, 4) is 22.6 Å². The van der Waals surface area contributed by atoms with E-state index in [9.17, 15) is 9.18 Å². The molecule has 3 aromatic carbocycles. The Morgan fingerprint density at radius 1 is 0.886 bits per heavy atom. The Bertz CT molecular complexity index is 1100. The van der Waals surface area contributed by atoms with E-state index in [1.807, 2.05) is 42.5 Å². The molecule has 0 radical (unpaired) electrons. The molecule has 0 spiro atoms. The standard InChI is InChI=1S/C27H29FO4.C3H8/c1-27(2,3)24-12-7-19(15-22(24)23-16-21(31-4)11-13-25(23)28)17-32-20-9-5-18(6-10-20)8-14-26(29)30;1-3-2/h5-7,9-13,15-16H,8,14,17H2,1-4H3,(H,29,30);3H2,1-2H3. The summed E-state index contributed by atoms with van der Waals surface area (Å²) < 4.78 is 26.0. The fraction of sp³-hybridized carbons (Fsp3) is 0.367. The minimum absolute atomic E-state index is 0.101. The molecule has 188 valence electrons. The van der Waals surface area contributed by atoms with Crippen molar-refractivity contribution in [2.75, 3.05) is 7.11 Å². The van der Waals surface area contributed by atoms with E-state index < -0.39 is 5.97 Å². The lowest BCUT2D eigenvalue weighted by Crippen LogP contribution is -2.13. The molecular formula is C30H37FO4. The van der Waals surface area contributed by atoms with Crippen molar-refractivity contribution in [1.82, 2.24) is 0 Å². The fourth-order valence-corrected chi connectivity index (χ4v) is 3.57. The van der Waals surface area contributed by atoms with Crippen LogP contribution in [-0.4, -0.2) is 18.2 Å². The highest BCUT2D eigenvalue weighted by atomic mass is 19.1. The van der Waals surface area contributed by atoms with Crippen LogP contribution < -0.4 is 9.47 Å². The molecule has 0 heterocycles. The van der Waals surface area contributed by atoms with E-state index in [0.717, 1.165) is 22.3 Å². The Hall–Kier alpha value is -3.34. The Balaban J connectivity index is 0.00000137. The number of carbonyl (C=O) groups is 1. The third kappa shape index (κ3) is 8.43. The monoisotopic (exact) mass is 480 g/mol. The summed E-state index contributed by atoms with van der Waals surface area (Å²) in [6.07, 6.45) is 1.84. The first-order valence-corrected chi connectivity index (χ1v) is 12.0. The Morgan fingerprint density at radius 2 is 1.49 bits per heavy atom. The molecule has 0 atom stereocenters. The number of halogens is 1. The number of methoxy groups -OCH3 is 1. The molecule has 0 aliphatic rings. The molecule has 5 heteroatoms. The van der Waals surface area contributed by atoms with Crippen molar-refractivity contribution in [1.29, 1.82) is 0 Å². The van der Waals surface area contributed by atoms with Crippen LogP contribution in [0.3, 0.4) is 0 Å². The first-order valence-electron chi connectivity index (χ1n) is 12.0. The van der Waals surface area contributed by atoms with Crippen molar-refractivity contribution in [3.05, 3.63) is 83.2 Å². The van der Waals surface area contributed by atoms with Crippen LogP contribution in [0, 0.1) is 5.82 Å². The molecule has 4 nitrogen and oxygen atoms in total.